The molecule has 0 aromatic carbocycles. The molecule has 1 aromatic rings. The van der Waals surface area contributed by atoms with Crippen LogP contribution in [0.4, 0.5) is 0 Å². The van der Waals surface area contributed by atoms with Gasteiger partial charge in [-0.05, 0) is 63.5 Å². The van der Waals surface area contributed by atoms with Gasteiger partial charge >= 0.3 is 5.97 Å². The highest BCUT2D eigenvalue weighted by Crippen LogP contribution is 2.32. The lowest BCUT2D eigenvalue weighted by Gasteiger charge is -2.30. The largest absolute Gasteiger partial charge is 0.476 e. The summed E-state index contributed by atoms with van der Waals surface area (Å²) in [4.78, 5) is 42.2. The van der Waals surface area contributed by atoms with Crippen molar-refractivity contribution in [2.45, 2.75) is 80.6 Å². The zero-order valence-corrected chi connectivity index (χ0v) is 23.3. The maximum atomic E-state index is 13.2. The number of aromatic nitrogens is 2. The molecule has 0 spiro atoms. The SMILES string of the molecule is O=C(O)C1=NN(C2CCC(S(=O)(=O)O)CC2)C(=O)/C1=C/C=C/c1c(COO)[nH]n(C2CCC(S(=O)(=O)O)CC2)c1=O. The third-order valence-electron chi connectivity index (χ3n) is 7.71. The lowest BCUT2D eigenvalue weighted by molar-refractivity contribution is -0.253. The highest BCUT2D eigenvalue weighted by atomic mass is 32.2. The van der Waals surface area contributed by atoms with Crippen molar-refractivity contribution in [3.63, 3.8) is 0 Å². The minimum Gasteiger partial charge on any atom is -0.476 e. The van der Waals surface area contributed by atoms with Crippen molar-refractivity contribution in [3.8, 4) is 0 Å². The summed E-state index contributed by atoms with van der Waals surface area (Å²) in [6.45, 7) is -0.403. The molecule has 226 valence electrons. The summed E-state index contributed by atoms with van der Waals surface area (Å²) >= 11 is 0. The number of hydrogen-bond acceptors (Lipinski definition) is 10. The fourth-order valence-corrected chi connectivity index (χ4v) is 7.27. The van der Waals surface area contributed by atoms with Crippen molar-refractivity contribution < 1.29 is 50.8 Å². The van der Waals surface area contributed by atoms with Crippen LogP contribution in [-0.2, 0) is 41.3 Å². The van der Waals surface area contributed by atoms with E-state index in [1.807, 2.05) is 0 Å². The molecule has 2 saturated carbocycles. The number of carboxylic acid groups (broad SMARTS) is 1. The molecule has 2 fully saturated rings. The molecular formula is C23H30N4O12S2. The molecule has 0 saturated heterocycles. The zero-order chi connectivity index (χ0) is 30.1. The third kappa shape index (κ3) is 6.68. The number of hydrogen-bond donors (Lipinski definition) is 5. The topological polar surface area (TPSA) is 246 Å². The van der Waals surface area contributed by atoms with Gasteiger partial charge in [0.2, 0.25) is 0 Å². The van der Waals surface area contributed by atoms with Gasteiger partial charge in [0.05, 0.1) is 39.4 Å². The van der Waals surface area contributed by atoms with Crippen LogP contribution in [0.2, 0.25) is 0 Å². The van der Waals surface area contributed by atoms with Crippen molar-refractivity contribution in [1.82, 2.24) is 14.8 Å². The van der Waals surface area contributed by atoms with Crippen molar-refractivity contribution in [3.05, 3.63) is 39.3 Å². The smallest absolute Gasteiger partial charge is 0.357 e. The van der Waals surface area contributed by atoms with Crippen LogP contribution in [0.25, 0.3) is 6.08 Å². The van der Waals surface area contributed by atoms with Crippen molar-refractivity contribution in [2.24, 2.45) is 5.10 Å². The number of aliphatic carboxylic acids is 1. The third-order valence-corrected chi connectivity index (χ3v) is 10.3. The van der Waals surface area contributed by atoms with Crippen LogP contribution in [0.15, 0.2) is 27.6 Å². The fourth-order valence-electron chi connectivity index (χ4n) is 5.54. The average Bonchev–Trinajstić information content (AvgIpc) is 3.40. The van der Waals surface area contributed by atoms with E-state index in [4.69, 9.17) is 5.26 Å². The lowest BCUT2D eigenvalue weighted by Crippen LogP contribution is -2.39. The first-order valence-corrected chi connectivity index (χ1v) is 15.8. The van der Waals surface area contributed by atoms with Gasteiger partial charge in [0, 0.05) is 0 Å². The van der Waals surface area contributed by atoms with Crippen LogP contribution in [0.3, 0.4) is 0 Å². The fraction of sp³-hybridized carbons (Fsp3) is 0.565. The van der Waals surface area contributed by atoms with Gasteiger partial charge in [-0.25, -0.2) is 19.4 Å². The Hall–Kier alpha value is -3.16. The predicted octanol–water partition coefficient (Wildman–Crippen LogP) is 0.959. The molecule has 1 aromatic heterocycles. The van der Waals surface area contributed by atoms with Gasteiger partial charge < -0.3 is 5.11 Å². The second kappa shape index (κ2) is 12.0. The normalized spacial score (nSPS) is 27.1. The van der Waals surface area contributed by atoms with Gasteiger partial charge in [0.15, 0.2) is 5.71 Å². The zero-order valence-electron chi connectivity index (χ0n) is 21.6. The summed E-state index contributed by atoms with van der Waals surface area (Å²) in [7, 11) is -8.42. The number of hydrazone groups is 1. The van der Waals surface area contributed by atoms with E-state index in [1.165, 1.54) is 22.9 Å². The minimum atomic E-state index is -4.23. The number of carbonyl (C=O) groups is 2. The second-order valence-corrected chi connectivity index (χ2v) is 13.6. The van der Waals surface area contributed by atoms with Crippen LogP contribution in [0.5, 0.6) is 0 Å². The van der Waals surface area contributed by atoms with Gasteiger partial charge in [-0.15, -0.1) is 0 Å². The number of allylic oxidation sites excluding steroid dienone is 2. The number of H-pyrrole nitrogens is 1. The number of nitrogens with one attached hydrogen (secondary N) is 1. The number of nitrogens with zero attached hydrogens (tertiary/aromatic N) is 3. The standard InChI is InChI=1S/C23H30N4O12S2/c28-21-17(19(12-39-32)24-26(21)13-4-8-15(9-5-13)40(33,34)35)2-1-3-18-20(23(30)31)25-27(22(18)29)14-6-10-16(11-7-14)41(36,37)38/h1-3,13-16,24,32H,4-12H2,(H,30,31)(H,33,34,35)(H,36,37,38)/b2-1+,18-3+. The van der Waals surface area contributed by atoms with Crippen molar-refractivity contribution in [1.29, 1.82) is 0 Å². The molecule has 0 radical (unpaired) electrons. The first kappa shape index (κ1) is 30.8. The minimum absolute atomic E-state index is 0.0486. The van der Waals surface area contributed by atoms with Crippen molar-refractivity contribution >= 4 is 43.9 Å². The highest BCUT2D eigenvalue weighted by molar-refractivity contribution is 7.86. The van der Waals surface area contributed by atoms with Gasteiger partial charge in [-0.3, -0.25) is 29.1 Å². The Bertz CT molecular complexity index is 1560. The number of aromatic amines is 1. The van der Waals surface area contributed by atoms with Crippen LogP contribution in [0, 0.1) is 0 Å². The molecule has 5 N–H and O–H groups in total. The number of rotatable bonds is 9. The van der Waals surface area contributed by atoms with Crippen molar-refractivity contribution in [2.75, 3.05) is 0 Å². The van der Waals surface area contributed by atoms with Crippen LogP contribution in [-0.4, -0.2) is 85.2 Å². The number of carbonyl (C=O) groups excluding carboxylic acids is 1. The Morgan fingerprint density at radius 3 is 1.98 bits per heavy atom. The summed E-state index contributed by atoms with van der Waals surface area (Å²) in [5.41, 5.74) is -1.09. The van der Waals surface area contributed by atoms with Crippen LogP contribution >= 0.6 is 0 Å². The quantitative estimate of drug-likeness (QED) is 0.112. The average molecular weight is 619 g/mol. The molecular weight excluding hydrogens is 588 g/mol. The number of carboxylic acids is 1. The lowest BCUT2D eigenvalue weighted by atomic mass is 9.94. The first-order valence-electron chi connectivity index (χ1n) is 12.8. The van der Waals surface area contributed by atoms with Gasteiger partial charge in [0.1, 0.15) is 6.61 Å². The summed E-state index contributed by atoms with van der Waals surface area (Å²) < 4.78 is 65.5. The van der Waals surface area contributed by atoms with Gasteiger partial charge in [-0.2, -0.15) is 21.9 Å². The van der Waals surface area contributed by atoms with E-state index < -0.39 is 72.6 Å². The van der Waals surface area contributed by atoms with E-state index in [0.29, 0.717) is 0 Å². The summed E-state index contributed by atoms with van der Waals surface area (Å²) in [5.74, 6) is -2.19. The molecule has 1 amide bonds. The van der Waals surface area contributed by atoms with Crippen LogP contribution < -0.4 is 5.56 Å². The Labute approximate surface area is 234 Å². The Morgan fingerprint density at radius 2 is 1.49 bits per heavy atom. The summed E-state index contributed by atoms with van der Waals surface area (Å²) in [5, 5.41) is 24.5. The molecule has 2 heterocycles. The first-order chi connectivity index (χ1) is 19.2. The molecule has 41 heavy (non-hydrogen) atoms. The van der Waals surface area contributed by atoms with E-state index in [2.05, 4.69) is 15.1 Å². The van der Waals surface area contributed by atoms with E-state index in [-0.39, 0.29) is 68.2 Å². The Kier molecular flexibility index (Phi) is 9.00. The monoisotopic (exact) mass is 618 g/mol. The Morgan fingerprint density at radius 1 is 0.951 bits per heavy atom. The molecule has 18 heteroatoms. The maximum absolute atomic E-state index is 13.2. The molecule has 4 rings (SSSR count). The maximum Gasteiger partial charge on any atom is 0.357 e. The molecule has 0 unspecified atom stereocenters. The van der Waals surface area contributed by atoms with E-state index >= 15 is 0 Å². The summed E-state index contributed by atoms with van der Waals surface area (Å²) in [6, 6.07) is -0.976. The number of amides is 1. The Balaban J connectivity index is 1.54. The second-order valence-electron chi connectivity index (χ2n) is 10.2. The molecule has 1 aliphatic heterocycles. The van der Waals surface area contributed by atoms with E-state index in [0.717, 1.165) is 5.01 Å². The van der Waals surface area contributed by atoms with Crippen LogP contribution in [0.1, 0.15) is 68.7 Å². The van der Waals surface area contributed by atoms with E-state index in [9.17, 15) is 45.4 Å². The molecule has 3 aliphatic rings. The van der Waals surface area contributed by atoms with Gasteiger partial charge in [-0.1, -0.05) is 6.08 Å². The molecule has 0 bridgehead atoms. The van der Waals surface area contributed by atoms with Gasteiger partial charge in [0.25, 0.3) is 31.7 Å². The molecule has 0 atom stereocenters. The predicted molar refractivity (Wildman–Crippen MR) is 142 cm³/mol. The van der Waals surface area contributed by atoms with E-state index in [1.54, 1.807) is 0 Å². The molecule has 2 aliphatic carbocycles. The molecule has 16 nitrogen and oxygen atoms in total. The summed E-state index contributed by atoms with van der Waals surface area (Å²) in [6.07, 6.45) is 5.15. The highest BCUT2D eigenvalue weighted by Gasteiger charge is 2.40.